The SMILES string of the molecule is COc1ccc(N=C(NNc2nc3ccccc3c(=O)n2C)SC)cc1. The molecule has 0 bridgehead atoms. The number of aliphatic imine (C=N–C) groups is 1. The van der Waals surface area contributed by atoms with Crippen LogP contribution in [-0.4, -0.2) is 28.1 Å². The normalized spacial score (nSPS) is 11.4. The van der Waals surface area contributed by atoms with Crippen LogP contribution in [0.25, 0.3) is 10.9 Å². The topological polar surface area (TPSA) is 80.5 Å². The Kier molecular flexibility index (Phi) is 5.43. The summed E-state index contributed by atoms with van der Waals surface area (Å²) >= 11 is 1.44. The van der Waals surface area contributed by atoms with Crippen molar-refractivity contribution in [1.29, 1.82) is 0 Å². The lowest BCUT2D eigenvalue weighted by Crippen LogP contribution is -2.32. The van der Waals surface area contributed by atoms with Crippen LogP contribution >= 0.6 is 11.8 Å². The van der Waals surface area contributed by atoms with Crippen molar-refractivity contribution < 1.29 is 4.74 Å². The predicted molar refractivity (Wildman–Crippen MR) is 107 cm³/mol. The Labute approximate surface area is 155 Å². The van der Waals surface area contributed by atoms with Crippen molar-refractivity contribution in [3.05, 3.63) is 58.9 Å². The van der Waals surface area contributed by atoms with Gasteiger partial charge in [0.2, 0.25) is 5.95 Å². The van der Waals surface area contributed by atoms with Crippen molar-refractivity contribution in [1.82, 2.24) is 15.0 Å². The summed E-state index contributed by atoms with van der Waals surface area (Å²) in [6.45, 7) is 0. The molecule has 0 amide bonds. The van der Waals surface area contributed by atoms with E-state index in [2.05, 4.69) is 20.8 Å². The third-order valence-electron chi connectivity index (χ3n) is 3.76. The molecular weight excluding hydrogens is 350 g/mol. The van der Waals surface area contributed by atoms with Crippen molar-refractivity contribution >= 4 is 39.5 Å². The number of amidine groups is 1. The molecule has 3 rings (SSSR count). The molecule has 0 aliphatic rings. The summed E-state index contributed by atoms with van der Waals surface area (Å²) in [6.07, 6.45) is 1.91. The molecule has 0 aliphatic carbocycles. The second kappa shape index (κ2) is 7.92. The molecule has 1 heterocycles. The van der Waals surface area contributed by atoms with E-state index in [4.69, 9.17) is 4.74 Å². The maximum atomic E-state index is 12.4. The van der Waals surface area contributed by atoms with Crippen molar-refractivity contribution in [3.63, 3.8) is 0 Å². The Balaban J connectivity index is 1.82. The Bertz CT molecular complexity index is 999. The van der Waals surface area contributed by atoms with Gasteiger partial charge in [0.05, 0.1) is 23.7 Å². The van der Waals surface area contributed by atoms with Crippen molar-refractivity contribution in [2.45, 2.75) is 0 Å². The summed E-state index contributed by atoms with van der Waals surface area (Å²) in [5.41, 5.74) is 7.28. The van der Waals surface area contributed by atoms with Gasteiger partial charge >= 0.3 is 0 Å². The first kappa shape index (κ1) is 17.8. The summed E-state index contributed by atoms with van der Waals surface area (Å²) in [5.74, 6) is 1.18. The zero-order chi connectivity index (χ0) is 18.5. The lowest BCUT2D eigenvalue weighted by molar-refractivity contribution is 0.415. The van der Waals surface area contributed by atoms with Gasteiger partial charge in [0.15, 0.2) is 5.17 Å². The first-order chi connectivity index (χ1) is 12.6. The Hall–Kier alpha value is -3.00. The Morgan fingerprint density at radius 2 is 1.92 bits per heavy atom. The molecule has 0 aliphatic heterocycles. The minimum atomic E-state index is -0.113. The van der Waals surface area contributed by atoms with E-state index in [1.807, 2.05) is 48.7 Å². The van der Waals surface area contributed by atoms with Gasteiger partial charge in [-0.25, -0.2) is 9.98 Å². The number of hydrogen-bond donors (Lipinski definition) is 2. The summed E-state index contributed by atoms with van der Waals surface area (Å²) in [6, 6.07) is 14.7. The van der Waals surface area contributed by atoms with Gasteiger partial charge in [-0.2, -0.15) is 0 Å². The molecule has 7 nitrogen and oxygen atoms in total. The highest BCUT2D eigenvalue weighted by atomic mass is 32.2. The highest BCUT2D eigenvalue weighted by Gasteiger charge is 2.08. The van der Waals surface area contributed by atoms with Crippen LogP contribution in [0.2, 0.25) is 0 Å². The number of nitrogens with zero attached hydrogens (tertiary/aromatic N) is 3. The van der Waals surface area contributed by atoms with Crippen molar-refractivity contribution in [2.24, 2.45) is 12.0 Å². The number of methoxy groups -OCH3 is 1. The molecule has 26 heavy (non-hydrogen) atoms. The Morgan fingerprint density at radius 1 is 1.19 bits per heavy atom. The number of ether oxygens (including phenoxy) is 1. The van der Waals surface area contributed by atoms with Crippen LogP contribution in [0.5, 0.6) is 5.75 Å². The number of hydrazine groups is 1. The van der Waals surface area contributed by atoms with Crippen LogP contribution in [0.3, 0.4) is 0 Å². The highest BCUT2D eigenvalue weighted by Crippen LogP contribution is 2.19. The van der Waals surface area contributed by atoms with Crippen LogP contribution < -0.4 is 21.1 Å². The number of thioether (sulfide) groups is 1. The van der Waals surface area contributed by atoms with Gasteiger partial charge in [0.25, 0.3) is 5.56 Å². The minimum Gasteiger partial charge on any atom is -0.497 e. The number of anilines is 1. The molecule has 0 saturated heterocycles. The fraction of sp³-hybridized carbons (Fsp3) is 0.167. The van der Waals surface area contributed by atoms with Gasteiger partial charge in [-0.15, -0.1) is 0 Å². The molecule has 3 aromatic rings. The molecule has 2 N–H and O–H groups in total. The Morgan fingerprint density at radius 3 is 2.62 bits per heavy atom. The average molecular weight is 369 g/mol. The number of rotatable bonds is 4. The van der Waals surface area contributed by atoms with E-state index in [0.717, 1.165) is 11.4 Å². The maximum absolute atomic E-state index is 12.4. The molecule has 0 atom stereocenters. The van der Waals surface area contributed by atoms with E-state index in [1.165, 1.54) is 16.3 Å². The largest absolute Gasteiger partial charge is 0.497 e. The second-order valence-corrected chi connectivity index (χ2v) is 6.18. The molecule has 0 spiro atoms. The predicted octanol–water partition coefficient (Wildman–Crippen LogP) is 2.91. The lowest BCUT2D eigenvalue weighted by Gasteiger charge is -2.13. The van der Waals surface area contributed by atoms with E-state index >= 15 is 0 Å². The maximum Gasteiger partial charge on any atom is 0.262 e. The first-order valence-electron chi connectivity index (χ1n) is 7.87. The van der Waals surface area contributed by atoms with Crippen LogP contribution in [0, 0.1) is 0 Å². The molecular formula is C18H19N5O2S. The molecule has 2 aromatic carbocycles. The van der Waals surface area contributed by atoms with Gasteiger partial charge in [-0.3, -0.25) is 20.2 Å². The lowest BCUT2D eigenvalue weighted by atomic mass is 10.2. The van der Waals surface area contributed by atoms with Crippen LogP contribution in [0.4, 0.5) is 11.6 Å². The van der Waals surface area contributed by atoms with E-state index < -0.39 is 0 Å². The number of hydrogen-bond acceptors (Lipinski definition) is 6. The van der Waals surface area contributed by atoms with E-state index in [-0.39, 0.29) is 5.56 Å². The molecule has 8 heteroatoms. The van der Waals surface area contributed by atoms with Crippen LogP contribution in [-0.2, 0) is 7.05 Å². The monoisotopic (exact) mass is 369 g/mol. The van der Waals surface area contributed by atoms with E-state index in [1.54, 1.807) is 20.2 Å². The molecule has 134 valence electrons. The van der Waals surface area contributed by atoms with Gasteiger partial charge in [-0.1, -0.05) is 23.9 Å². The van der Waals surface area contributed by atoms with Gasteiger partial charge < -0.3 is 4.74 Å². The summed E-state index contributed by atoms with van der Waals surface area (Å²) in [7, 11) is 3.29. The molecule has 0 saturated carbocycles. The van der Waals surface area contributed by atoms with Gasteiger partial charge in [0.1, 0.15) is 5.75 Å². The van der Waals surface area contributed by atoms with E-state index in [9.17, 15) is 4.79 Å². The number of benzene rings is 2. The third-order valence-corrected chi connectivity index (χ3v) is 4.34. The number of aromatic nitrogens is 2. The third kappa shape index (κ3) is 3.80. The van der Waals surface area contributed by atoms with Crippen LogP contribution in [0.15, 0.2) is 58.3 Å². The molecule has 1 aromatic heterocycles. The average Bonchev–Trinajstić information content (AvgIpc) is 2.69. The zero-order valence-electron chi connectivity index (χ0n) is 14.7. The van der Waals surface area contributed by atoms with Crippen molar-refractivity contribution in [3.8, 4) is 5.75 Å². The summed E-state index contributed by atoms with van der Waals surface area (Å²) in [4.78, 5) is 21.4. The molecule has 0 fully saturated rings. The quantitative estimate of drug-likeness (QED) is 0.418. The first-order valence-corrected chi connectivity index (χ1v) is 9.09. The standard InChI is InChI=1S/C18H19N5O2S/c1-23-16(24)14-6-4-5-7-15(14)20-17(23)21-22-18(26-3)19-12-8-10-13(25-2)11-9-12/h4-11H,1-3H3,(H,19,22)(H,20,21). The second-order valence-electron chi connectivity index (χ2n) is 5.39. The number of para-hydroxylation sites is 1. The molecule has 0 unspecified atom stereocenters. The highest BCUT2D eigenvalue weighted by molar-refractivity contribution is 8.13. The zero-order valence-corrected chi connectivity index (χ0v) is 15.5. The van der Waals surface area contributed by atoms with Gasteiger partial charge in [-0.05, 0) is 42.7 Å². The molecule has 0 radical (unpaired) electrons. The van der Waals surface area contributed by atoms with E-state index in [0.29, 0.717) is 22.0 Å². The summed E-state index contributed by atoms with van der Waals surface area (Å²) in [5, 5.41) is 1.22. The number of nitrogens with one attached hydrogen (secondary N) is 2. The van der Waals surface area contributed by atoms with Gasteiger partial charge in [0, 0.05) is 7.05 Å². The smallest absolute Gasteiger partial charge is 0.262 e. The van der Waals surface area contributed by atoms with Crippen molar-refractivity contribution in [2.75, 3.05) is 18.8 Å². The minimum absolute atomic E-state index is 0.113. The van der Waals surface area contributed by atoms with Crippen LogP contribution in [0.1, 0.15) is 0 Å². The fourth-order valence-corrected chi connectivity index (χ4v) is 2.69. The number of fused-ring (bicyclic) bond motifs is 1. The fourth-order valence-electron chi connectivity index (χ4n) is 2.34. The summed E-state index contributed by atoms with van der Waals surface area (Å²) < 4.78 is 6.60.